The Morgan fingerprint density at radius 1 is 1.28 bits per heavy atom. The Hall–Kier alpha value is -2.15. The van der Waals surface area contributed by atoms with Crippen molar-refractivity contribution in [2.24, 2.45) is 0 Å². The standard InChI is InChI=1S/C11H8BrN5O/c12-6-2-1-3-7(4-6)15-10-8-9(14-5-13-8)16-11(18)17-10/h1-5H,(H3,13,14,15,16,17,18). The molecule has 0 amide bonds. The van der Waals surface area contributed by atoms with E-state index in [9.17, 15) is 5.11 Å². The number of benzene rings is 1. The zero-order valence-corrected chi connectivity index (χ0v) is 10.6. The molecule has 0 fully saturated rings. The van der Waals surface area contributed by atoms with Crippen molar-refractivity contribution in [2.45, 2.75) is 0 Å². The number of hydrogen-bond acceptors (Lipinski definition) is 5. The summed E-state index contributed by atoms with van der Waals surface area (Å²) in [5.41, 5.74) is 1.91. The number of nitrogens with one attached hydrogen (secondary N) is 2. The van der Waals surface area contributed by atoms with Crippen LogP contribution in [0.1, 0.15) is 0 Å². The van der Waals surface area contributed by atoms with Crippen molar-refractivity contribution < 1.29 is 5.11 Å². The first kappa shape index (κ1) is 11.0. The van der Waals surface area contributed by atoms with Crippen LogP contribution >= 0.6 is 15.9 Å². The van der Waals surface area contributed by atoms with Gasteiger partial charge in [0.15, 0.2) is 11.5 Å². The normalized spacial score (nSPS) is 10.7. The molecule has 6 nitrogen and oxygen atoms in total. The number of aromatic amines is 1. The van der Waals surface area contributed by atoms with E-state index in [4.69, 9.17) is 0 Å². The fraction of sp³-hybridized carbons (Fsp3) is 0. The molecule has 2 heterocycles. The number of hydrogen-bond donors (Lipinski definition) is 3. The summed E-state index contributed by atoms with van der Waals surface area (Å²) in [6, 6.07) is 7.31. The van der Waals surface area contributed by atoms with Gasteiger partial charge in [-0.3, -0.25) is 0 Å². The molecule has 3 N–H and O–H groups in total. The highest BCUT2D eigenvalue weighted by Gasteiger charge is 2.09. The van der Waals surface area contributed by atoms with Crippen LogP contribution in [0.2, 0.25) is 0 Å². The SMILES string of the molecule is Oc1nc(Nc2cccc(Br)c2)c2[nH]cnc2n1. The Balaban J connectivity index is 2.06. The number of halogens is 1. The van der Waals surface area contributed by atoms with Gasteiger partial charge in [-0.05, 0) is 18.2 Å². The van der Waals surface area contributed by atoms with Crippen LogP contribution in [0.15, 0.2) is 35.1 Å². The topological polar surface area (TPSA) is 86.7 Å². The maximum atomic E-state index is 9.44. The minimum Gasteiger partial charge on any atom is -0.479 e. The molecule has 18 heavy (non-hydrogen) atoms. The summed E-state index contributed by atoms with van der Waals surface area (Å²) in [6.45, 7) is 0. The first-order valence-corrected chi connectivity index (χ1v) is 5.94. The second-order valence-electron chi connectivity index (χ2n) is 3.61. The van der Waals surface area contributed by atoms with E-state index < -0.39 is 0 Å². The van der Waals surface area contributed by atoms with E-state index in [-0.39, 0.29) is 6.01 Å². The lowest BCUT2D eigenvalue weighted by Gasteiger charge is -2.06. The molecule has 0 bridgehead atoms. The molecule has 0 atom stereocenters. The Labute approximate surface area is 110 Å². The van der Waals surface area contributed by atoms with E-state index in [1.165, 1.54) is 6.33 Å². The zero-order valence-electron chi connectivity index (χ0n) is 9.05. The Morgan fingerprint density at radius 2 is 2.17 bits per heavy atom. The van der Waals surface area contributed by atoms with Crippen molar-refractivity contribution in [3.8, 4) is 6.01 Å². The van der Waals surface area contributed by atoms with Crippen molar-refractivity contribution >= 4 is 38.6 Å². The molecule has 3 aromatic rings. The van der Waals surface area contributed by atoms with Crippen LogP contribution in [0.5, 0.6) is 6.01 Å². The van der Waals surface area contributed by atoms with Gasteiger partial charge in [0.1, 0.15) is 5.52 Å². The molecule has 0 radical (unpaired) electrons. The highest BCUT2D eigenvalue weighted by molar-refractivity contribution is 9.10. The van der Waals surface area contributed by atoms with Gasteiger partial charge in [0.05, 0.1) is 6.33 Å². The molecule has 0 saturated heterocycles. The third-order valence-corrected chi connectivity index (χ3v) is 2.85. The summed E-state index contributed by atoms with van der Waals surface area (Å²) >= 11 is 3.39. The van der Waals surface area contributed by atoms with E-state index in [0.29, 0.717) is 17.0 Å². The van der Waals surface area contributed by atoms with Crippen molar-refractivity contribution in [3.05, 3.63) is 35.1 Å². The van der Waals surface area contributed by atoms with Gasteiger partial charge in [0.2, 0.25) is 0 Å². The number of rotatable bonds is 2. The first-order chi connectivity index (χ1) is 8.72. The lowest BCUT2D eigenvalue weighted by atomic mass is 10.3. The number of nitrogens with zero attached hydrogens (tertiary/aromatic N) is 3. The van der Waals surface area contributed by atoms with E-state index >= 15 is 0 Å². The number of aromatic hydroxyl groups is 1. The summed E-state index contributed by atoms with van der Waals surface area (Å²) < 4.78 is 0.951. The smallest absolute Gasteiger partial charge is 0.318 e. The number of aromatic nitrogens is 4. The van der Waals surface area contributed by atoms with Crippen LogP contribution in [0.4, 0.5) is 11.5 Å². The lowest BCUT2D eigenvalue weighted by Crippen LogP contribution is -1.96. The molecule has 1 aromatic carbocycles. The summed E-state index contributed by atoms with van der Waals surface area (Å²) in [4.78, 5) is 14.7. The molecule has 0 spiro atoms. The lowest BCUT2D eigenvalue weighted by molar-refractivity contribution is 0.433. The van der Waals surface area contributed by atoms with E-state index in [1.54, 1.807) is 0 Å². The molecule has 0 saturated carbocycles. The highest BCUT2D eigenvalue weighted by Crippen LogP contribution is 2.24. The predicted octanol–water partition coefficient (Wildman–Crippen LogP) is 2.56. The van der Waals surface area contributed by atoms with Crippen LogP contribution in [0, 0.1) is 0 Å². The van der Waals surface area contributed by atoms with Gasteiger partial charge in [0.25, 0.3) is 0 Å². The number of H-pyrrole nitrogens is 1. The Morgan fingerprint density at radius 3 is 3.00 bits per heavy atom. The molecule has 0 unspecified atom stereocenters. The fourth-order valence-electron chi connectivity index (χ4n) is 1.62. The minimum absolute atomic E-state index is 0.313. The third kappa shape index (κ3) is 2.00. The highest BCUT2D eigenvalue weighted by atomic mass is 79.9. The van der Waals surface area contributed by atoms with Gasteiger partial charge in [0, 0.05) is 10.2 Å². The zero-order chi connectivity index (χ0) is 12.5. The van der Waals surface area contributed by atoms with E-state index in [1.807, 2.05) is 24.3 Å². The molecular weight excluding hydrogens is 298 g/mol. The van der Waals surface area contributed by atoms with Crippen LogP contribution in [0.25, 0.3) is 11.2 Å². The molecule has 0 aliphatic carbocycles. The van der Waals surface area contributed by atoms with E-state index in [0.717, 1.165) is 10.2 Å². The molecule has 2 aromatic heterocycles. The summed E-state index contributed by atoms with van der Waals surface area (Å²) in [7, 11) is 0. The largest absolute Gasteiger partial charge is 0.479 e. The van der Waals surface area contributed by atoms with Crippen molar-refractivity contribution in [1.82, 2.24) is 19.9 Å². The van der Waals surface area contributed by atoms with Crippen molar-refractivity contribution in [1.29, 1.82) is 0 Å². The van der Waals surface area contributed by atoms with Crippen molar-refractivity contribution in [2.75, 3.05) is 5.32 Å². The minimum atomic E-state index is -0.313. The molecule has 0 aliphatic rings. The van der Waals surface area contributed by atoms with Crippen LogP contribution < -0.4 is 5.32 Å². The fourth-order valence-corrected chi connectivity index (χ4v) is 2.01. The monoisotopic (exact) mass is 305 g/mol. The average Bonchev–Trinajstić information content (AvgIpc) is 2.77. The molecular formula is C11H8BrN5O. The number of imidazole rings is 1. The van der Waals surface area contributed by atoms with Gasteiger partial charge in [-0.15, -0.1) is 0 Å². The van der Waals surface area contributed by atoms with Crippen LogP contribution in [-0.4, -0.2) is 25.0 Å². The molecule has 90 valence electrons. The van der Waals surface area contributed by atoms with Crippen molar-refractivity contribution in [3.63, 3.8) is 0 Å². The van der Waals surface area contributed by atoms with Gasteiger partial charge in [-0.1, -0.05) is 22.0 Å². The summed E-state index contributed by atoms with van der Waals surface area (Å²) in [6.07, 6.45) is 1.50. The summed E-state index contributed by atoms with van der Waals surface area (Å²) in [5.74, 6) is 0.480. The second-order valence-corrected chi connectivity index (χ2v) is 4.52. The van der Waals surface area contributed by atoms with Gasteiger partial charge in [-0.2, -0.15) is 9.97 Å². The van der Waals surface area contributed by atoms with Crippen LogP contribution in [-0.2, 0) is 0 Å². The Bertz CT molecular complexity index is 711. The quantitative estimate of drug-likeness (QED) is 0.677. The Kier molecular flexibility index (Phi) is 2.60. The molecule has 3 rings (SSSR count). The number of fused-ring (bicyclic) bond motifs is 1. The third-order valence-electron chi connectivity index (χ3n) is 2.36. The van der Waals surface area contributed by atoms with Gasteiger partial charge in [-0.25, -0.2) is 4.98 Å². The molecule has 7 heteroatoms. The van der Waals surface area contributed by atoms with Gasteiger partial charge < -0.3 is 15.4 Å². The van der Waals surface area contributed by atoms with Crippen LogP contribution in [0.3, 0.4) is 0 Å². The van der Waals surface area contributed by atoms with Gasteiger partial charge >= 0.3 is 6.01 Å². The number of anilines is 2. The summed E-state index contributed by atoms with van der Waals surface area (Å²) in [5, 5.41) is 12.5. The van der Waals surface area contributed by atoms with E-state index in [2.05, 4.69) is 41.2 Å². The first-order valence-electron chi connectivity index (χ1n) is 5.15. The second kappa shape index (κ2) is 4.26. The average molecular weight is 306 g/mol. The molecule has 0 aliphatic heterocycles. The maximum absolute atomic E-state index is 9.44. The maximum Gasteiger partial charge on any atom is 0.318 e. The predicted molar refractivity (Wildman–Crippen MR) is 70.8 cm³/mol.